The maximum absolute atomic E-state index is 2.49. The van der Waals surface area contributed by atoms with Gasteiger partial charge in [0.2, 0.25) is 0 Å². The number of rotatable bonds is 9. The molecule has 1 heteroatoms. The van der Waals surface area contributed by atoms with Crippen LogP contribution in [0.3, 0.4) is 0 Å². The third-order valence-corrected chi connectivity index (χ3v) is 13.6. The van der Waals surface area contributed by atoms with E-state index in [0.717, 1.165) is 6.42 Å². The van der Waals surface area contributed by atoms with Gasteiger partial charge in [-0.1, -0.05) is 231 Å². The summed E-state index contributed by atoms with van der Waals surface area (Å²) in [6, 6.07) is 93.6. The van der Waals surface area contributed by atoms with Crippen molar-refractivity contribution in [1.82, 2.24) is 4.57 Å². The SMILES string of the molecule is C(=C(Cc1ccc(-c2ccccc2)cc1)c1ccc2c(c1)C(c1ccccc1)(c1ccccc1)c1ccccc1-2)c1ccc(-c2ccc3c4ccccc4n(-c4ccccc4)c3c2)cc1. The zero-order chi connectivity index (χ0) is 43.2. The molecule has 0 N–H and O–H groups in total. The lowest BCUT2D eigenvalue weighted by Crippen LogP contribution is -2.28. The highest BCUT2D eigenvalue weighted by Crippen LogP contribution is 2.56. The lowest BCUT2D eigenvalue weighted by atomic mass is 9.67. The molecule has 0 aliphatic heterocycles. The van der Waals surface area contributed by atoms with E-state index in [9.17, 15) is 0 Å². The van der Waals surface area contributed by atoms with Gasteiger partial charge in [0.25, 0.3) is 0 Å². The van der Waals surface area contributed by atoms with Crippen molar-refractivity contribution >= 4 is 33.5 Å². The minimum Gasteiger partial charge on any atom is -0.309 e. The van der Waals surface area contributed by atoms with Crippen LogP contribution in [0.4, 0.5) is 0 Å². The molecule has 12 rings (SSSR count). The Kier molecular flexibility index (Phi) is 9.54. The molecule has 1 nitrogen and oxygen atoms in total. The van der Waals surface area contributed by atoms with E-state index >= 15 is 0 Å². The molecule has 0 fully saturated rings. The topological polar surface area (TPSA) is 4.93 Å². The van der Waals surface area contributed by atoms with Crippen molar-refractivity contribution in [3.8, 4) is 39.1 Å². The first kappa shape index (κ1) is 38.4. The summed E-state index contributed by atoms with van der Waals surface area (Å²) < 4.78 is 2.39. The molecule has 10 aromatic carbocycles. The predicted octanol–water partition coefficient (Wildman–Crippen LogP) is 16.3. The Bertz CT molecular complexity index is 3470. The second-order valence-corrected chi connectivity index (χ2v) is 17.2. The van der Waals surface area contributed by atoms with Gasteiger partial charge in [0.1, 0.15) is 0 Å². The van der Waals surface area contributed by atoms with Crippen molar-refractivity contribution < 1.29 is 0 Å². The molecule has 11 aromatic rings. The first-order valence-corrected chi connectivity index (χ1v) is 22.6. The third-order valence-electron chi connectivity index (χ3n) is 13.6. The van der Waals surface area contributed by atoms with Crippen LogP contribution in [0.2, 0.25) is 0 Å². The Labute approximate surface area is 380 Å². The molecular formula is C64H45N. The summed E-state index contributed by atoms with van der Waals surface area (Å²) in [5.41, 5.74) is 20.7. The molecule has 0 amide bonds. The molecule has 0 atom stereocenters. The number of hydrogen-bond donors (Lipinski definition) is 0. The van der Waals surface area contributed by atoms with E-state index in [0.29, 0.717) is 0 Å². The van der Waals surface area contributed by atoms with Gasteiger partial charge >= 0.3 is 0 Å². The summed E-state index contributed by atoms with van der Waals surface area (Å²) >= 11 is 0. The lowest BCUT2D eigenvalue weighted by Gasteiger charge is -2.34. The number of para-hydroxylation sites is 2. The average molecular weight is 828 g/mol. The molecule has 1 aromatic heterocycles. The molecule has 1 heterocycles. The van der Waals surface area contributed by atoms with Crippen LogP contribution in [0.1, 0.15) is 38.9 Å². The van der Waals surface area contributed by atoms with Crippen LogP contribution in [0.5, 0.6) is 0 Å². The molecule has 0 bridgehead atoms. The van der Waals surface area contributed by atoms with Crippen LogP contribution in [0.15, 0.2) is 255 Å². The van der Waals surface area contributed by atoms with Crippen molar-refractivity contribution in [3.63, 3.8) is 0 Å². The van der Waals surface area contributed by atoms with Gasteiger partial charge in [-0.05, 0) is 115 Å². The maximum Gasteiger partial charge on any atom is 0.0713 e. The minimum atomic E-state index is -0.470. The first-order valence-electron chi connectivity index (χ1n) is 22.6. The van der Waals surface area contributed by atoms with Gasteiger partial charge in [-0.25, -0.2) is 0 Å². The van der Waals surface area contributed by atoms with Gasteiger partial charge in [0.05, 0.1) is 16.4 Å². The molecule has 306 valence electrons. The van der Waals surface area contributed by atoms with Crippen LogP contribution in [-0.2, 0) is 11.8 Å². The number of fused-ring (bicyclic) bond motifs is 6. The van der Waals surface area contributed by atoms with Crippen molar-refractivity contribution in [2.24, 2.45) is 0 Å². The van der Waals surface area contributed by atoms with Crippen LogP contribution in [0.25, 0.3) is 72.5 Å². The van der Waals surface area contributed by atoms with Gasteiger partial charge in [0, 0.05) is 16.5 Å². The molecule has 0 radical (unpaired) electrons. The second kappa shape index (κ2) is 16.1. The quantitative estimate of drug-likeness (QED) is 0.128. The molecule has 1 aliphatic carbocycles. The standard InChI is InChI=1S/C64H45N/c1-5-17-47(18-6-1)48-33-29-45(30-34-48)41-52(50-37-39-57-56-25-13-15-27-60(56)64(61(57)43-50,53-19-7-2-8-20-53)54-21-9-3-10-22-54)42-46-31-35-49(36-32-46)51-38-40-59-58-26-14-16-28-62(58)65(63(59)44-51)55-23-11-4-12-24-55/h1-40,42-44H,41H2. The zero-order valence-corrected chi connectivity index (χ0v) is 36.0. The van der Waals surface area contributed by atoms with Crippen LogP contribution < -0.4 is 0 Å². The van der Waals surface area contributed by atoms with Crippen LogP contribution in [-0.4, -0.2) is 4.57 Å². The van der Waals surface area contributed by atoms with Gasteiger partial charge < -0.3 is 4.57 Å². The molecule has 1 aliphatic rings. The van der Waals surface area contributed by atoms with E-state index in [1.165, 1.54) is 105 Å². The fourth-order valence-electron chi connectivity index (χ4n) is 10.5. The molecule has 0 saturated heterocycles. The highest BCUT2D eigenvalue weighted by molar-refractivity contribution is 6.10. The van der Waals surface area contributed by atoms with E-state index in [1.54, 1.807) is 0 Å². The Hall–Kier alpha value is -8.26. The summed E-state index contributed by atoms with van der Waals surface area (Å²) in [6.45, 7) is 0. The Morgan fingerprint density at radius 1 is 0.385 bits per heavy atom. The van der Waals surface area contributed by atoms with Gasteiger partial charge in [-0.3, -0.25) is 0 Å². The number of aromatic nitrogens is 1. The number of hydrogen-bond acceptors (Lipinski definition) is 0. The summed E-state index contributed by atoms with van der Waals surface area (Å²) in [6.07, 6.45) is 3.19. The largest absolute Gasteiger partial charge is 0.309 e. The lowest BCUT2D eigenvalue weighted by molar-refractivity contribution is 0.768. The van der Waals surface area contributed by atoms with Crippen molar-refractivity contribution in [2.45, 2.75) is 11.8 Å². The minimum absolute atomic E-state index is 0.470. The van der Waals surface area contributed by atoms with E-state index in [-0.39, 0.29) is 0 Å². The van der Waals surface area contributed by atoms with Crippen molar-refractivity contribution in [2.75, 3.05) is 0 Å². The molecular weight excluding hydrogens is 783 g/mol. The molecule has 65 heavy (non-hydrogen) atoms. The monoisotopic (exact) mass is 827 g/mol. The van der Waals surface area contributed by atoms with Crippen molar-refractivity contribution in [3.05, 3.63) is 294 Å². The predicted molar refractivity (Wildman–Crippen MR) is 273 cm³/mol. The number of allylic oxidation sites excluding steroid dienone is 1. The fraction of sp³-hybridized carbons (Fsp3) is 0.0312. The summed E-state index contributed by atoms with van der Waals surface area (Å²) in [5.74, 6) is 0. The van der Waals surface area contributed by atoms with Gasteiger partial charge in [-0.15, -0.1) is 0 Å². The second-order valence-electron chi connectivity index (χ2n) is 17.2. The van der Waals surface area contributed by atoms with Crippen LogP contribution >= 0.6 is 0 Å². The molecule has 0 unspecified atom stereocenters. The summed E-state index contributed by atoms with van der Waals surface area (Å²) in [5, 5.41) is 2.52. The van der Waals surface area contributed by atoms with Crippen molar-refractivity contribution in [1.29, 1.82) is 0 Å². The van der Waals surface area contributed by atoms with E-state index < -0.39 is 5.41 Å². The number of nitrogens with zero attached hydrogens (tertiary/aromatic N) is 1. The smallest absolute Gasteiger partial charge is 0.0713 e. The molecule has 0 spiro atoms. The maximum atomic E-state index is 2.49. The zero-order valence-electron chi connectivity index (χ0n) is 36.0. The Balaban J connectivity index is 0.983. The average Bonchev–Trinajstić information content (AvgIpc) is 3.88. The molecule has 0 saturated carbocycles. The summed E-state index contributed by atoms with van der Waals surface area (Å²) in [4.78, 5) is 0. The van der Waals surface area contributed by atoms with E-state index in [4.69, 9.17) is 0 Å². The van der Waals surface area contributed by atoms with Gasteiger partial charge in [0.15, 0.2) is 0 Å². The number of benzene rings is 10. The summed E-state index contributed by atoms with van der Waals surface area (Å²) in [7, 11) is 0. The third kappa shape index (κ3) is 6.64. The van der Waals surface area contributed by atoms with Gasteiger partial charge in [-0.2, -0.15) is 0 Å². The highest BCUT2D eigenvalue weighted by atomic mass is 15.0. The Morgan fingerprint density at radius 2 is 0.923 bits per heavy atom. The van der Waals surface area contributed by atoms with Crippen LogP contribution in [0, 0.1) is 0 Å². The normalized spacial score (nSPS) is 12.9. The first-order chi connectivity index (χ1) is 32.2. The van der Waals surface area contributed by atoms with E-state index in [2.05, 4.69) is 265 Å². The highest BCUT2D eigenvalue weighted by Gasteiger charge is 2.46. The van der Waals surface area contributed by atoms with E-state index in [1.807, 2.05) is 0 Å². The Morgan fingerprint density at radius 3 is 1.65 bits per heavy atom. The fourth-order valence-corrected chi connectivity index (χ4v) is 10.5.